The molecule has 0 saturated carbocycles. The van der Waals surface area contributed by atoms with Crippen molar-refractivity contribution in [2.75, 3.05) is 12.4 Å². The van der Waals surface area contributed by atoms with Crippen molar-refractivity contribution in [3.8, 4) is 5.75 Å². The van der Waals surface area contributed by atoms with Crippen molar-refractivity contribution in [2.45, 2.75) is 6.92 Å². The maximum atomic E-state index is 13.2. The summed E-state index contributed by atoms with van der Waals surface area (Å²) in [5, 5.41) is 3.05. The number of ketones is 1. The van der Waals surface area contributed by atoms with E-state index in [1.54, 1.807) is 30.3 Å². The quantitative estimate of drug-likeness (QED) is 0.849. The summed E-state index contributed by atoms with van der Waals surface area (Å²) in [5.41, 5.74) is 1.93. The van der Waals surface area contributed by atoms with E-state index in [4.69, 9.17) is 4.74 Å². The molecular formula is C15H14FNO2. The molecule has 0 radical (unpaired) electrons. The van der Waals surface area contributed by atoms with Crippen LogP contribution in [-0.4, -0.2) is 12.9 Å². The molecule has 4 heteroatoms. The van der Waals surface area contributed by atoms with Crippen LogP contribution in [0.2, 0.25) is 0 Å². The predicted octanol–water partition coefficient (Wildman–Crippen LogP) is 3.78. The lowest BCUT2D eigenvalue weighted by Crippen LogP contribution is -1.97. The number of benzene rings is 2. The Hall–Kier alpha value is -2.36. The van der Waals surface area contributed by atoms with Gasteiger partial charge in [-0.05, 0) is 43.3 Å². The first kappa shape index (κ1) is 13.1. The first-order valence-electron chi connectivity index (χ1n) is 5.81. The third kappa shape index (κ3) is 3.10. The Labute approximate surface area is 111 Å². The van der Waals surface area contributed by atoms with Crippen LogP contribution in [0.3, 0.4) is 0 Å². The number of hydrogen-bond donors (Lipinski definition) is 1. The van der Waals surface area contributed by atoms with E-state index in [-0.39, 0.29) is 11.6 Å². The molecule has 1 N–H and O–H groups in total. The van der Waals surface area contributed by atoms with E-state index < -0.39 is 0 Å². The van der Waals surface area contributed by atoms with Crippen LogP contribution < -0.4 is 10.1 Å². The number of nitrogens with one attached hydrogen (secondary N) is 1. The zero-order valence-corrected chi connectivity index (χ0v) is 10.7. The monoisotopic (exact) mass is 259 g/mol. The van der Waals surface area contributed by atoms with E-state index in [0.717, 1.165) is 5.69 Å². The van der Waals surface area contributed by atoms with Gasteiger partial charge < -0.3 is 10.1 Å². The molecule has 98 valence electrons. The van der Waals surface area contributed by atoms with E-state index in [9.17, 15) is 9.18 Å². The molecule has 0 spiro atoms. The molecule has 0 atom stereocenters. The highest BCUT2D eigenvalue weighted by atomic mass is 19.1. The standard InChI is InChI=1S/C15H14FNO2/c1-10(18)11-3-6-13(7-4-11)17-14-9-12(16)5-8-15(14)19-2/h3-9,17H,1-2H3. The number of carbonyl (C=O) groups excluding carboxylic acids is 1. The topological polar surface area (TPSA) is 38.3 Å². The molecule has 2 aromatic rings. The number of carbonyl (C=O) groups is 1. The number of ether oxygens (including phenoxy) is 1. The third-order valence-electron chi connectivity index (χ3n) is 2.73. The Morgan fingerprint density at radius 1 is 1.16 bits per heavy atom. The van der Waals surface area contributed by atoms with Gasteiger partial charge in [-0.15, -0.1) is 0 Å². The third-order valence-corrected chi connectivity index (χ3v) is 2.73. The van der Waals surface area contributed by atoms with E-state index in [1.165, 1.54) is 26.2 Å². The summed E-state index contributed by atoms with van der Waals surface area (Å²) in [4.78, 5) is 11.2. The Morgan fingerprint density at radius 3 is 2.42 bits per heavy atom. The Kier molecular flexibility index (Phi) is 3.80. The number of rotatable bonds is 4. The maximum absolute atomic E-state index is 13.2. The van der Waals surface area contributed by atoms with Crippen molar-refractivity contribution in [1.82, 2.24) is 0 Å². The molecule has 0 aliphatic carbocycles. The molecule has 2 rings (SSSR count). The number of halogens is 1. The van der Waals surface area contributed by atoms with Crippen LogP contribution in [0.15, 0.2) is 42.5 Å². The van der Waals surface area contributed by atoms with Crippen molar-refractivity contribution in [3.05, 3.63) is 53.8 Å². The van der Waals surface area contributed by atoms with Gasteiger partial charge in [-0.3, -0.25) is 4.79 Å². The number of methoxy groups -OCH3 is 1. The minimum Gasteiger partial charge on any atom is -0.495 e. The number of hydrogen-bond acceptors (Lipinski definition) is 3. The lowest BCUT2D eigenvalue weighted by molar-refractivity contribution is 0.101. The van der Waals surface area contributed by atoms with Gasteiger partial charge in [0.2, 0.25) is 0 Å². The molecule has 0 saturated heterocycles. The second-order valence-electron chi connectivity index (χ2n) is 4.10. The number of anilines is 2. The fraction of sp³-hybridized carbons (Fsp3) is 0.133. The second kappa shape index (κ2) is 5.52. The largest absolute Gasteiger partial charge is 0.495 e. The zero-order chi connectivity index (χ0) is 13.8. The summed E-state index contributed by atoms with van der Waals surface area (Å²) < 4.78 is 18.4. The second-order valence-corrected chi connectivity index (χ2v) is 4.10. The highest BCUT2D eigenvalue weighted by Gasteiger charge is 2.05. The molecule has 0 aromatic heterocycles. The van der Waals surface area contributed by atoms with Gasteiger partial charge >= 0.3 is 0 Å². The van der Waals surface area contributed by atoms with Crippen LogP contribution in [0.25, 0.3) is 0 Å². The fourth-order valence-corrected chi connectivity index (χ4v) is 1.72. The van der Waals surface area contributed by atoms with Crippen LogP contribution in [-0.2, 0) is 0 Å². The molecule has 0 amide bonds. The molecule has 0 bridgehead atoms. The summed E-state index contributed by atoms with van der Waals surface area (Å²) in [6.07, 6.45) is 0. The van der Waals surface area contributed by atoms with Crippen LogP contribution in [0, 0.1) is 5.82 Å². The first-order chi connectivity index (χ1) is 9.10. The SMILES string of the molecule is COc1ccc(F)cc1Nc1ccc(C(C)=O)cc1. The van der Waals surface area contributed by atoms with Crippen molar-refractivity contribution in [3.63, 3.8) is 0 Å². The summed E-state index contributed by atoms with van der Waals surface area (Å²) in [5.74, 6) is 0.218. The Morgan fingerprint density at radius 2 is 1.84 bits per heavy atom. The summed E-state index contributed by atoms with van der Waals surface area (Å²) in [7, 11) is 1.53. The molecule has 19 heavy (non-hydrogen) atoms. The lowest BCUT2D eigenvalue weighted by Gasteiger charge is -2.11. The lowest BCUT2D eigenvalue weighted by atomic mass is 10.1. The summed E-state index contributed by atoms with van der Waals surface area (Å²) in [6, 6.07) is 11.2. The minimum atomic E-state index is -0.344. The van der Waals surface area contributed by atoms with Crippen molar-refractivity contribution < 1.29 is 13.9 Å². The van der Waals surface area contributed by atoms with E-state index >= 15 is 0 Å². The normalized spacial score (nSPS) is 10.1. The van der Waals surface area contributed by atoms with Crippen molar-refractivity contribution in [1.29, 1.82) is 0 Å². The predicted molar refractivity (Wildman–Crippen MR) is 72.7 cm³/mol. The van der Waals surface area contributed by atoms with E-state index in [2.05, 4.69) is 5.32 Å². The highest BCUT2D eigenvalue weighted by Crippen LogP contribution is 2.28. The average molecular weight is 259 g/mol. The number of Topliss-reactive ketones (excluding diaryl/α,β-unsaturated/α-hetero) is 1. The molecule has 0 aliphatic heterocycles. The fourth-order valence-electron chi connectivity index (χ4n) is 1.72. The van der Waals surface area contributed by atoms with Crippen LogP contribution in [0.4, 0.5) is 15.8 Å². The van der Waals surface area contributed by atoms with Crippen LogP contribution >= 0.6 is 0 Å². The van der Waals surface area contributed by atoms with Crippen LogP contribution in [0.5, 0.6) is 5.75 Å². The highest BCUT2D eigenvalue weighted by molar-refractivity contribution is 5.94. The van der Waals surface area contributed by atoms with Gasteiger partial charge in [0.05, 0.1) is 12.8 Å². The van der Waals surface area contributed by atoms with Gasteiger partial charge in [0.1, 0.15) is 11.6 Å². The molecule has 0 unspecified atom stereocenters. The first-order valence-corrected chi connectivity index (χ1v) is 5.81. The Balaban J connectivity index is 2.25. The van der Waals surface area contributed by atoms with Crippen molar-refractivity contribution in [2.24, 2.45) is 0 Å². The smallest absolute Gasteiger partial charge is 0.159 e. The van der Waals surface area contributed by atoms with Gasteiger partial charge in [0.25, 0.3) is 0 Å². The van der Waals surface area contributed by atoms with Gasteiger partial charge in [0, 0.05) is 17.3 Å². The van der Waals surface area contributed by atoms with Gasteiger partial charge in [-0.1, -0.05) is 0 Å². The Bertz CT molecular complexity index is 594. The minimum absolute atomic E-state index is 0.00915. The van der Waals surface area contributed by atoms with Crippen molar-refractivity contribution >= 4 is 17.2 Å². The van der Waals surface area contributed by atoms with E-state index in [1.807, 2.05) is 0 Å². The van der Waals surface area contributed by atoms with Gasteiger partial charge in [-0.2, -0.15) is 0 Å². The molecule has 2 aromatic carbocycles. The molecule has 3 nitrogen and oxygen atoms in total. The van der Waals surface area contributed by atoms with Gasteiger partial charge in [-0.25, -0.2) is 4.39 Å². The van der Waals surface area contributed by atoms with E-state index in [0.29, 0.717) is 17.0 Å². The average Bonchev–Trinajstić information content (AvgIpc) is 2.39. The molecule has 0 fully saturated rings. The molecule has 0 aliphatic rings. The summed E-state index contributed by atoms with van der Waals surface area (Å²) in [6.45, 7) is 1.51. The van der Waals surface area contributed by atoms with Gasteiger partial charge in [0.15, 0.2) is 5.78 Å². The summed E-state index contributed by atoms with van der Waals surface area (Å²) >= 11 is 0. The zero-order valence-electron chi connectivity index (χ0n) is 10.7. The molecular weight excluding hydrogens is 245 g/mol. The molecule has 0 heterocycles. The maximum Gasteiger partial charge on any atom is 0.159 e. The van der Waals surface area contributed by atoms with Crippen LogP contribution in [0.1, 0.15) is 17.3 Å².